The quantitative estimate of drug-likeness (QED) is 0.282. The summed E-state index contributed by atoms with van der Waals surface area (Å²) in [7, 11) is 0. The Morgan fingerprint density at radius 3 is 2.39 bits per heavy atom. The molecular formula is C16H28O2. The highest BCUT2D eigenvalue weighted by molar-refractivity contribution is 5.81. The summed E-state index contributed by atoms with van der Waals surface area (Å²) in [5.41, 5.74) is -0.185. The predicted octanol–water partition coefficient (Wildman–Crippen LogP) is 4.78. The van der Waals surface area contributed by atoms with Crippen LogP contribution in [0, 0.1) is 0 Å². The number of hydrogen-bond acceptors (Lipinski definition) is 2. The molecule has 0 bridgehead atoms. The summed E-state index contributed by atoms with van der Waals surface area (Å²) >= 11 is 0. The molecule has 104 valence electrons. The lowest BCUT2D eigenvalue weighted by Gasteiger charge is -2.32. The van der Waals surface area contributed by atoms with Gasteiger partial charge in [0, 0.05) is 6.08 Å². The fraction of sp³-hybridized carbons (Fsp3) is 0.812. The van der Waals surface area contributed by atoms with Gasteiger partial charge in [0.25, 0.3) is 0 Å². The van der Waals surface area contributed by atoms with Gasteiger partial charge in [-0.25, -0.2) is 4.79 Å². The average Bonchev–Trinajstić information content (AvgIpc) is 2.61. The zero-order valence-corrected chi connectivity index (χ0v) is 11.9. The summed E-state index contributed by atoms with van der Waals surface area (Å²) in [5.74, 6) is -0.243. The molecule has 2 heteroatoms. The van der Waals surface area contributed by atoms with Gasteiger partial charge in [0.05, 0.1) is 0 Å². The zero-order valence-electron chi connectivity index (χ0n) is 11.9. The van der Waals surface area contributed by atoms with E-state index in [9.17, 15) is 4.79 Å². The molecule has 0 N–H and O–H groups in total. The molecule has 0 spiro atoms. The predicted molar refractivity (Wildman–Crippen MR) is 75.5 cm³/mol. The van der Waals surface area contributed by atoms with Crippen molar-refractivity contribution < 1.29 is 9.53 Å². The summed E-state index contributed by atoms with van der Waals surface area (Å²) in [5, 5.41) is 0. The molecule has 18 heavy (non-hydrogen) atoms. The largest absolute Gasteiger partial charge is 0.456 e. The fourth-order valence-electron chi connectivity index (χ4n) is 2.90. The Morgan fingerprint density at radius 1 is 1.17 bits per heavy atom. The first kappa shape index (κ1) is 15.3. The van der Waals surface area contributed by atoms with E-state index in [1.807, 2.05) is 0 Å². The van der Waals surface area contributed by atoms with Crippen LogP contribution in [0.25, 0.3) is 0 Å². The van der Waals surface area contributed by atoms with Crippen LogP contribution < -0.4 is 0 Å². The van der Waals surface area contributed by atoms with E-state index in [-0.39, 0.29) is 11.6 Å². The normalized spacial score (nSPS) is 18.9. The highest BCUT2D eigenvalue weighted by Crippen LogP contribution is 2.35. The molecule has 0 aliphatic heterocycles. The second-order valence-electron chi connectivity index (χ2n) is 5.53. The number of unbranched alkanes of at least 4 members (excludes halogenated alkanes) is 3. The Hall–Kier alpha value is -0.790. The number of hydrogen-bond donors (Lipinski definition) is 0. The van der Waals surface area contributed by atoms with Gasteiger partial charge in [-0.1, -0.05) is 45.6 Å². The van der Waals surface area contributed by atoms with Crippen molar-refractivity contribution in [1.29, 1.82) is 0 Å². The molecule has 2 nitrogen and oxygen atoms in total. The third kappa shape index (κ3) is 5.24. The summed E-state index contributed by atoms with van der Waals surface area (Å²) in [4.78, 5) is 11.5. The Labute approximate surface area is 112 Å². The first-order valence-corrected chi connectivity index (χ1v) is 7.58. The monoisotopic (exact) mass is 252 g/mol. The van der Waals surface area contributed by atoms with Gasteiger partial charge in [0.2, 0.25) is 0 Å². The van der Waals surface area contributed by atoms with E-state index in [0.717, 1.165) is 19.3 Å². The molecule has 0 radical (unpaired) electrons. The zero-order chi connectivity index (χ0) is 13.3. The lowest BCUT2D eigenvalue weighted by atomic mass is 9.88. The van der Waals surface area contributed by atoms with Gasteiger partial charge in [0.1, 0.15) is 5.60 Å². The van der Waals surface area contributed by atoms with Crippen molar-refractivity contribution >= 4 is 5.97 Å². The molecule has 0 heterocycles. The van der Waals surface area contributed by atoms with Gasteiger partial charge in [-0.05, 0) is 38.5 Å². The molecule has 1 aliphatic rings. The second kappa shape index (κ2) is 8.34. The van der Waals surface area contributed by atoms with Crippen molar-refractivity contribution in [2.24, 2.45) is 0 Å². The highest BCUT2D eigenvalue weighted by atomic mass is 16.6. The topological polar surface area (TPSA) is 26.3 Å². The van der Waals surface area contributed by atoms with E-state index >= 15 is 0 Å². The van der Waals surface area contributed by atoms with Crippen molar-refractivity contribution in [2.75, 3.05) is 0 Å². The average molecular weight is 252 g/mol. The van der Waals surface area contributed by atoms with Crippen LogP contribution in [-0.2, 0) is 9.53 Å². The van der Waals surface area contributed by atoms with E-state index < -0.39 is 0 Å². The summed E-state index contributed by atoms with van der Waals surface area (Å²) in [6.07, 6.45) is 14.3. The van der Waals surface area contributed by atoms with E-state index in [0.29, 0.717) is 0 Å². The number of esters is 1. The van der Waals surface area contributed by atoms with Gasteiger partial charge >= 0.3 is 5.97 Å². The third-order valence-corrected chi connectivity index (χ3v) is 3.98. The van der Waals surface area contributed by atoms with E-state index in [2.05, 4.69) is 13.5 Å². The molecule has 1 saturated carbocycles. The van der Waals surface area contributed by atoms with E-state index in [1.54, 1.807) is 0 Å². The van der Waals surface area contributed by atoms with Crippen LogP contribution in [0.5, 0.6) is 0 Å². The molecule has 0 aromatic heterocycles. The van der Waals surface area contributed by atoms with Crippen LogP contribution in [0.2, 0.25) is 0 Å². The van der Waals surface area contributed by atoms with Gasteiger partial charge in [-0.15, -0.1) is 0 Å². The minimum atomic E-state index is -0.243. The Bertz CT molecular complexity index is 250. The second-order valence-corrected chi connectivity index (χ2v) is 5.53. The van der Waals surface area contributed by atoms with Crippen LogP contribution in [-0.4, -0.2) is 11.6 Å². The van der Waals surface area contributed by atoms with Crippen molar-refractivity contribution in [3.8, 4) is 0 Å². The maximum absolute atomic E-state index is 11.5. The molecule has 0 aromatic rings. The Morgan fingerprint density at radius 2 is 1.83 bits per heavy atom. The third-order valence-electron chi connectivity index (χ3n) is 3.98. The van der Waals surface area contributed by atoms with Crippen LogP contribution in [0.15, 0.2) is 12.7 Å². The molecule has 1 fully saturated rings. The minimum Gasteiger partial charge on any atom is -0.456 e. The van der Waals surface area contributed by atoms with E-state index in [1.165, 1.54) is 57.4 Å². The molecule has 0 unspecified atom stereocenters. The van der Waals surface area contributed by atoms with Crippen molar-refractivity contribution in [3.63, 3.8) is 0 Å². The lowest BCUT2D eigenvalue weighted by Crippen LogP contribution is -2.34. The number of carbonyl (C=O) groups excluding carboxylic acids is 1. The molecule has 1 aliphatic carbocycles. The number of rotatable bonds is 7. The number of ether oxygens (including phenoxy) is 1. The molecule has 1 rings (SSSR count). The standard InChI is InChI=1S/C16H28O2/c1-3-5-6-9-12-16(18-15(17)4-2)13-10-7-8-11-14-16/h4H,2-3,5-14H2,1H3. The smallest absolute Gasteiger partial charge is 0.330 e. The van der Waals surface area contributed by atoms with Gasteiger partial charge in [0.15, 0.2) is 0 Å². The first-order chi connectivity index (χ1) is 8.72. The van der Waals surface area contributed by atoms with Crippen LogP contribution in [0.3, 0.4) is 0 Å². The minimum absolute atomic E-state index is 0.185. The summed E-state index contributed by atoms with van der Waals surface area (Å²) in [6, 6.07) is 0. The van der Waals surface area contributed by atoms with Crippen molar-refractivity contribution in [3.05, 3.63) is 12.7 Å². The lowest BCUT2D eigenvalue weighted by molar-refractivity contribution is -0.156. The van der Waals surface area contributed by atoms with Gasteiger partial charge in [-0.2, -0.15) is 0 Å². The van der Waals surface area contributed by atoms with Gasteiger partial charge < -0.3 is 4.74 Å². The molecule has 0 amide bonds. The fourth-order valence-corrected chi connectivity index (χ4v) is 2.90. The SMILES string of the molecule is C=CC(=O)OC1(CCCCCC)CCCCCC1. The first-order valence-electron chi connectivity index (χ1n) is 7.58. The van der Waals surface area contributed by atoms with Crippen molar-refractivity contribution in [1.82, 2.24) is 0 Å². The van der Waals surface area contributed by atoms with Crippen molar-refractivity contribution in [2.45, 2.75) is 83.2 Å². The van der Waals surface area contributed by atoms with Crippen LogP contribution >= 0.6 is 0 Å². The maximum Gasteiger partial charge on any atom is 0.330 e. The summed E-state index contributed by atoms with van der Waals surface area (Å²) in [6.45, 7) is 5.74. The highest BCUT2D eigenvalue weighted by Gasteiger charge is 2.33. The number of carbonyl (C=O) groups is 1. The maximum atomic E-state index is 11.5. The molecule has 0 saturated heterocycles. The molecule has 0 aromatic carbocycles. The van der Waals surface area contributed by atoms with E-state index in [4.69, 9.17) is 4.74 Å². The Kier molecular flexibility index (Phi) is 7.07. The summed E-state index contributed by atoms with van der Waals surface area (Å²) < 4.78 is 5.73. The molecular weight excluding hydrogens is 224 g/mol. The van der Waals surface area contributed by atoms with Crippen LogP contribution in [0.1, 0.15) is 77.6 Å². The van der Waals surface area contributed by atoms with Gasteiger partial charge in [-0.3, -0.25) is 0 Å². The Balaban J connectivity index is 2.54. The van der Waals surface area contributed by atoms with Crippen LogP contribution in [0.4, 0.5) is 0 Å². The molecule has 0 atom stereocenters.